The Morgan fingerprint density at radius 2 is 2.08 bits per heavy atom. The van der Waals surface area contributed by atoms with Gasteiger partial charge in [-0.2, -0.15) is 9.40 Å². The fourth-order valence-corrected chi connectivity index (χ4v) is 4.89. The summed E-state index contributed by atoms with van der Waals surface area (Å²) in [5.74, 6) is -0.248. The van der Waals surface area contributed by atoms with Crippen LogP contribution in [0.25, 0.3) is 0 Å². The summed E-state index contributed by atoms with van der Waals surface area (Å²) in [5.41, 5.74) is 2.32. The van der Waals surface area contributed by atoms with Crippen LogP contribution in [0.1, 0.15) is 34.1 Å². The number of benzene rings is 1. The highest BCUT2D eigenvalue weighted by Gasteiger charge is 2.30. The van der Waals surface area contributed by atoms with E-state index in [2.05, 4.69) is 15.5 Å². The Kier molecular flexibility index (Phi) is 4.51. The van der Waals surface area contributed by atoms with Crippen molar-refractivity contribution in [1.29, 1.82) is 0 Å². The molecule has 2 aliphatic rings. The molecule has 2 heterocycles. The van der Waals surface area contributed by atoms with Crippen LogP contribution in [0.5, 0.6) is 0 Å². The van der Waals surface area contributed by atoms with Gasteiger partial charge in [0.1, 0.15) is 5.69 Å². The molecule has 4 rings (SSSR count). The maximum atomic E-state index is 12.9. The maximum Gasteiger partial charge on any atom is 0.269 e. The third-order valence-corrected chi connectivity index (χ3v) is 6.75. The zero-order valence-electron chi connectivity index (χ0n) is 14.1. The second kappa shape index (κ2) is 6.82. The van der Waals surface area contributed by atoms with E-state index in [1.807, 2.05) is 6.07 Å². The van der Waals surface area contributed by atoms with Gasteiger partial charge in [-0.15, -0.1) is 0 Å². The largest absolute Gasteiger partial charge is 0.379 e. The maximum absolute atomic E-state index is 12.9. The van der Waals surface area contributed by atoms with Crippen LogP contribution in [0.15, 0.2) is 35.4 Å². The molecule has 138 valence electrons. The lowest BCUT2D eigenvalue weighted by Gasteiger charge is -2.26. The van der Waals surface area contributed by atoms with E-state index in [0.29, 0.717) is 32.0 Å². The molecule has 1 aromatic carbocycles. The van der Waals surface area contributed by atoms with Gasteiger partial charge in [-0.25, -0.2) is 8.42 Å². The molecule has 0 spiro atoms. The lowest BCUT2D eigenvalue weighted by molar-refractivity contribution is 0.0730. The molecule has 2 aromatic rings. The van der Waals surface area contributed by atoms with Gasteiger partial charge in [-0.3, -0.25) is 9.89 Å². The average Bonchev–Trinajstić information content (AvgIpc) is 3.32. The summed E-state index contributed by atoms with van der Waals surface area (Å²) in [4.78, 5) is 12.5. The number of sulfonamides is 1. The van der Waals surface area contributed by atoms with E-state index in [1.54, 1.807) is 18.2 Å². The van der Waals surface area contributed by atoms with Crippen molar-refractivity contribution in [3.63, 3.8) is 0 Å². The van der Waals surface area contributed by atoms with Gasteiger partial charge in [0.15, 0.2) is 0 Å². The van der Waals surface area contributed by atoms with Crippen molar-refractivity contribution in [2.75, 3.05) is 26.3 Å². The predicted molar refractivity (Wildman–Crippen MR) is 93.1 cm³/mol. The van der Waals surface area contributed by atoms with Crippen molar-refractivity contribution in [3.05, 3.63) is 47.3 Å². The normalized spacial score (nSPS) is 20.7. The van der Waals surface area contributed by atoms with Gasteiger partial charge in [-0.05, 0) is 42.2 Å². The molecule has 1 saturated heterocycles. The first-order chi connectivity index (χ1) is 12.6. The second-order valence-electron chi connectivity index (χ2n) is 6.41. The molecule has 2 N–H and O–H groups in total. The van der Waals surface area contributed by atoms with Crippen LogP contribution in [0.2, 0.25) is 0 Å². The third kappa shape index (κ3) is 3.13. The lowest BCUT2D eigenvalue weighted by Crippen LogP contribution is -2.40. The van der Waals surface area contributed by atoms with Gasteiger partial charge < -0.3 is 10.1 Å². The first-order valence-corrected chi connectivity index (χ1v) is 10.0. The van der Waals surface area contributed by atoms with E-state index >= 15 is 0 Å². The number of carbonyl (C=O) groups excluding carboxylic acids is 1. The topological polar surface area (TPSA) is 104 Å². The quantitative estimate of drug-likeness (QED) is 0.823. The zero-order valence-corrected chi connectivity index (χ0v) is 15.0. The van der Waals surface area contributed by atoms with Crippen LogP contribution in [-0.4, -0.2) is 55.1 Å². The van der Waals surface area contributed by atoms with Gasteiger partial charge in [0, 0.05) is 19.3 Å². The van der Waals surface area contributed by atoms with E-state index < -0.39 is 10.0 Å². The second-order valence-corrected chi connectivity index (χ2v) is 8.35. The lowest BCUT2D eigenvalue weighted by atomic mass is 10.1. The minimum absolute atomic E-state index is 0.208. The van der Waals surface area contributed by atoms with E-state index in [9.17, 15) is 13.2 Å². The van der Waals surface area contributed by atoms with Gasteiger partial charge in [0.05, 0.1) is 24.2 Å². The highest BCUT2D eigenvalue weighted by molar-refractivity contribution is 7.89. The highest BCUT2D eigenvalue weighted by atomic mass is 32.2. The third-order valence-electron chi connectivity index (χ3n) is 4.85. The Hall–Kier alpha value is -2.23. The number of hydrogen-bond donors (Lipinski definition) is 2. The number of carbonyl (C=O) groups is 1. The molecule has 1 aliphatic carbocycles. The SMILES string of the molecule is O=C(NC1CCc2ccc(S(=O)(=O)N3CCOCC3)cc21)c1ccn[nH]1. The summed E-state index contributed by atoms with van der Waals surface area (Å²) in [7, 11) is -3.55. The Labute approximate surface area is 151 Å². The molecule has 0 bridgehead atoms. The molecule has 0 radical (unpaired) electrons. The standard InChI is InChI=1S/C17H20N4O4S/c22-17(16-5-6-18-20-16)19-15-4-2-12-1-3-13(11-14(12)15)26(23,24)21-7-9-25-10-8-21/h1,3,5-6,11,15H,2,4,7-10H2,(H,18,20)(H,19,22). The molecule has 1 amide bonds. The van der Waals surface area contributed by atoms with Gasteiger partial charge >= 0.3 is 0 Å². The summed E-state index contributed by atoms with van der Waals surface area (Å²) in [5, 5.41) is 9.37. The smallest absolute Gasteiger partial charge is 0.269 e. The van der Waals surface area contributed by atoms with Crippen molar-refractivity contribution in [2.24, 2.45) is 0 Å². The molecule has 1 unspecified atom stereocenters. The van der Waals surface area contributed by atoms with Crippen LogP contribution in [-0.2, 0) is 21.2 Å². The number of aryl methyl sites for hydroxylation is 1. The molecule has 8 nitrogen and oxygen atoms in total. The molecule has 0 saturated carbocycles. The molecule has 9 heteroatoms. The fourth-order valence-electron chi connectivity index (χ4n) is 3.45. The summed E-state index contributed by atoms with van der Waals surface area (Å²) in [6.45, 7) is 1.54. The van der Waals surface area contributed by atoms with Crippen molar-refractivity contribution in [1.82, 2.24) is 19.8 Å². The number of fused-ring (bicyclic) bond motifs is 1. The van der Waals surface area contributed by atoms with E-state index in [0.717, 1.165) is 24.0 Å². The number of hydrogen-bond acceptors (Lipinski definition) is 5. The van der Waals surface area contributed by atoms with Crippen molar-refractivity contribution in [3.8, 4) is 0 Å². The molecular formula is C17H20N4O4S. The molecule has 1 atom stereocenters. The summed E-state index contributed by atoms with van der Waals surface area (Å²) in [6, 6.07) is 6.60. The Balaban J connectivity index is 1.58. The molecular weight excluding hydrogens is 356 g/mol. The van der Waals surface area contributed by atoms with Gasteiger partial charge in [0.2, 0.25) is 10.0 Å². The minimum Gasteiger partial charge on any atom is -0.379 e. The first kappa shape index (κ1) is 17.2. The van der Waals surface area contributed by atoms with Gasteiger partial charge in [0.25, 0.3) is 5.91 Å². The number of aromatic amines is 1. The van der Waals surface area contributed by atoms with Gasteiger partial charge in [-0.1, -0.05) is 6.07 Å². The number of nitrogens with zero attached hydrogens (tertiary/aromatic N) is 2. The molecule has 1 aliphatic heterocycles. The first-order valence-electron chi connectivity index (χ1n) is 8.56. The van der Waals surface area contributed by atoms with Crippen LogP contribution >= 0.6 is 0 Å². The summed E-state index contributed by atoms with van der Waals surface area (Å²) in [6.07, 6.45) is 3.07. The molecule has 26 heavy (non-hydrogen) atoms. The fraction of sp³-hybridized carbons (Fsp3) is 0.412. The van der Waals surface area contributed by atoms with Crippen molar-refractivity contribution >= 4 is 15.9 Å². The Morgan fingerprint density at radius 3 is 2.81 bits per heavy atom. The number of rotatable bonds is 4. The number of H-pyrrole nitrogens is 1. The number of aromatic nitrogens is 2. The zero-order chi connectivity index (χ0) is 18.1. The van der Waals surface area contributed by atoms with Crippen LogP contribution in [0.3, 0.4) is 0 Å². The van der Waals surface area contributed by atoms with Crippen LogP contribution in [0, 0.1) is 0 Å². The van der Waals surface area contributed by atoms with Crippen LogP contribution in [0.4, 0.5) is 0 Å². The Morgan fingerprint density at radius 1 is 1.27 bits per heavy atom. The highest BCUT2D eigenvalue weighted by Crippen LogP contribution is 2.33. The number of ether oxygens (including phenoxy) is 1. The number of morpholine rings is 1. The predicted octanol–water partition coefficient (Wildman–Crippen LogP) is 0.848. The van der Waals surface area contributed by atoms with E-state index in [1.165, 1.54) is 10.5 Å². The number of nitrogens with one attached hydrogen (secondary N) is 2. The summed E-state index contributed by atoms with van der Waals surface area (Å²) < 4.78 is 32.4. The van der Waals surface area contributed by atoms with Crippen LogP contribution < -0.4 is 5.32 Å². The van der Waals surface area contributed by atoms with Crippen molar-refractivity contribution < 1.29 is 17.9 Å². The average molecular weight is 376 g/mol. The van der Waals surface area contributed by atoms with Crippen molar-refractivity contribution in [2.45, 2.75) is 23.8 Å². The minimum atomic E-state index is -3.55. The van der Waals surface area contributed by atoms with E-state index in [4.69, 9.17) is 4.74 Å². The number of amides is 1. The molecule has 1 fully saturated rings. The summed E-state index contributed by atoms with van der Waals surface area (Å²) >= 11 is 0. The molecule has 1 aromatic heterocycles. The monoisotopic (exact) mass is 376 g/mol. The van der Waals surface area contributed by atoms with E-state index in [-0.39, 0.29) is 16.8 Å². The Bertz CT molecular complexity index is 905.